The van der Waals surface area contributed by atoms with Crippen LogP contribution in [0.4, 0.5) is 13.2 Å². The van der Waals surface area contributed by atoms with Gasteiger partial charge in [-0.15, -0.1) is 0 Å². The number of hydrogen-bond donors (Lipinski definition) is 0. The summed E-state index contributed by atoms with van der Waals surface area (Å²) in [4.78, 5) is 4.33. The Hall–Kier alpha value is -2.77. The molecule has 0 N–H and O–H groups in total. The molecule has 0 saturated carbocycles. The van der Waals surface area contributed by atoms with E-state index < -0.39 is 17.5 Å². The Balaban J connectivity index is 1.82. The molecule has 3 aromatic rings. The number of aryl methyl sites for hydroxylation is 1. The molecule has 0 aliphatic rings. The van der Waals surface area contributed by atoms with E-state index in [1.165, 1.54) is 24.3 Å². The Labute approximate surface area is 173 Å². The van der Waals surface area contributed by atoms with Gasteiger partial charge in [0.05, 0.1) is 16.3 Å². The SMILES string of the molecule is CCCCCc1ccc(-c2cc(F)c(C#Cc3ccc(Cl)c(F)c3)c(F)c2)nc1. The van der Waals surface area contributed by atoms with Crippen molar-refractivity contribution in [1.29, 1.82) is 0 Å². The Morgan fingerprint density at radius 3 is 2.28 bits per heavy atom. The summed E-state index contributed by atoms with van der Waals surface area (Å²) in [7, 11) is 0. The Morgan fingerprint density at radius 1 is 0.897 bits per heavy atom. The van der Waals surface area contributed by atoms with E-state index >= 15 is 0 Å². The summed E-state index contributed by atoms with van der Waals surface area (Å²) >= 11 is 5.62. The van der Waals surface area contributed by atoms with E-state index in [0.29, 0.717) is 11.3 Å². The molecule has 3 rings (SSSR count). The molecule has 0 saturated heterocycles. The molecule has 0 amide bonds. The Kier molecular flexibility index (Phi) is 6.95. The standard InChI is InChI=1S/C24H19ClF3N/c1-2-3-4-5-17-8-11-24(29-15-17)18-13-21(26)19(22(27)14-18)9-6-16-7-10-20(25)23(28)12-16/h7-8,10-15H,2-5H2,1H3. The normalized spacial score (nSPS) is 10.5. The molecule has 0 fully saturated rings. The first-order chi connectivity index (χ1) is 14.0. The molecule has 0 atom stereocenters. The largest absolute Gasteiger partial charge is 0.256 e. The molecule has 0 spiro atoms. The highest BCUT2D eigenvalue weighted by Gasteiger charge is 2.11. The predicted molar refractivity (Wildman–Crippen MR) is 110 cm³/mol. The highest BCUT2D eigenvalue weighted by molar-refractivity contribution is 6.30. The number of pyridine rings is 1. The summed E-state index contributed by atoms with van der Waals surface area (Å²) in [6, 6.07) is 10.0. The van der Waals surface area contributed by atoms with Crippen LogP contribution in [0.5, 0.6) is 0 Å². The minimum atomic E-state index is -0.796. The first-order valence-corrected chi connectivity index (χ1v) is 9.77. The second kappa shape index (κ2) is 9.62. The molecule has 0 unspecified atom stereocenters. The number of hydrogen-bond acceptors (Lipinski definition) is 1. The maximum Gasteiger partial charge on any atom is 0.143 e. The van der Waals surface area contributed by atoms with Gasteiger partial charge in [-0.25, -0.2) is 13.2 Å². The molecule has 1 aromatic heterocycles. The minimum absolute atomic E-state index is 0.0406. The second-order valence-electron chi connectivity index (χ2n) is 6.70. The van der Waals surface area contributed by atoms with Crippen LogP contribution in [-0.2, 0) is 6.42 Å². The van der Waals surface area contributed by atoms with Crippen molar-refractivity contribution in [2.24, 2.45) is 0 Å². The van der Waals surface area contributed by atoms with E-state index in [1.807, 2.05) is 6.07 Å². The molecule has 2 aromatic carbocycles. The van der Waals surface area contributed by atoms with Crippen molar-refractivity contribution in [2.75, 3.05) is 0 Å². The summed E-state index contributed by atoms with van der Waals surface area (Å²) in [6.45, 7) is 2.15. The van der Waals surface area contributed by atoms with Crippen molar-refractivity contribution >= 4 is 11.6 Å². The van der Waals surface area contributed by atoms with E-state index in [0.717, 1.165) is 37.3 Å². The fourth-order valence-electron chi connectivity index (χ4n) is 2.87. The van der Waals surface area contributed by atoms with Gasteiger partial charge in [0.15, 0.2) is 0 Å². The van der Waals surface area contributed by atoms with Crippen LogP contribution in [0.1, 0.15) is 42.9 Å². The Morgan fingerprint density at radius 2 is 1.66 bits per heavy atom. The van der Waals surface area contributed by atoms with E-state index in [-0.39, 0.29) is 16.1 Å². The molecule has 1 heterocycles. The third kappa shape index (κ3) is 5.40. The summed E-state index contributed by atoms with van der Waals surface area (Å²) in [5.41, 5.74) is 1.82. The summed E-state index contributed by atoms with van der Waals surface area (Å²) in [5.74, 6) is 2.76. The van der Waals surface area contributed by atoms with E-state index in [9.17, 15) is 13.2 Å². The lowest BCUT2D eigenvalue weighted by Gasteiger charge is -2.06. The zero-order valence-corrected chi connectivity index (χ0v) is 16.7. The van der Waals surface area contributed by atoms with Gasteiger partial charge in [-0.3, -0.25) is 4.98 Å². The lowest BCUT2D eigenvalue weighted by Crippen LogP contribution is -1.95. The molecule has 29 heavy (non-hydrogen) atoms. The number of rotatable bonds is 5. The summed E-state index contributed by atoms with van der Waals surface area (Å²) < 4.78 is 42.4. The predicted octanol–water partition coefficient (Wildman–Crippen LogP) is 6.95. The molecule has 0 radical (unpaired) electrons. The van der Waals surface area contributed by atoms with Crippen LogP contribution in [0.3, 0.4) is 0 Å². The van der Waals surface area contributed by atoms with E-state index in [2.05, 4.69) is 23.7 Å². The van der Waals surface area contributed by atoms with Gasteiger partial charge in [0.1, 0.15) is 17.5 Å². The molecular formula is C24H19ClF3N. The third-order valence-electron chi connectivity index (χ3n) is 4.48. The van der Waals surface area contributed by atoms with Gasteiger partial charge in [0, 0.05) is 17.3 Å². The summed E-state index contributed by atoms with van der Waals surface area (Å²) in [6.07, 6.45) is 6.06. The average molecular weight is 414 g/mol. The van der Waals surface area contributed by atoms with Gasteiger partial charge < -0.3 is 0 Å². The topological polar surface area (TPSA) is 12.9 Å². The van der Waals surface area contributed by atoms with E-state index in [4.69, 9.17) is 11.6 Å². The first kappa shape index (κ1) is 21.0. The van der Waals surface area contributed by atoms with Gasteiger partial charge in [0.2, 0.25) is 0 Å². The number of aromatic nitrogens is 1. The van der Waals surface area contributed by atoms with Crippen molar-refractivity contribution in [2.45, 2.75) is 32.6 Å². The monoisotopic (exact) mass is 413 g/mol. The third-order valence-corrected chi connectivity index (χ3v) is 4.79. The van der Waals surface area contributed by atoms with Crippen LogP contribution in [0.25, 0.3) is 11.3 Å². The van der Waals surface area contributed by atoms with Gasteiger partial charge >= 0.3 is 0 Å². The highest BCUT2D eigenvalue weighted by Crippen LogP contribution is 2.23. The van der Waals surface area contributed by atoms with Gasteiger partial charge in [-0.1, -0.05) is 49.3 Å². The van der Waals surface area contributed by atoms with Crippen molar-refractivity contribution in [1.82, 2.24) is 4.98 Å². The number of unbranched alkanes of at least 4 members (excludes halogenated alkanes) is 2. The maximum absolute atomic E-state index is 14.5. The van der Waals surface area contributed by atoms with Crippen LogP contribution >= 0.6 is 11.6 Å². The molecule has 0 aliphatic carbocycles. The van der Waals surface area contributed by atoms with Gasteiger partial charge in [-0.05, 0) is 54.8 Å². The minimum Gasteiger partial charge on any atom is -0.256 e. The van der Waals surface area contributed by atoms with Crippen LogP contribution in [0, 0.1) is 29.3 Å². The molecule has 0 aliphatic heterocycles. The smallest absolute Gasteiger partial charge is 0.143 e. The number of halogens is 4. The average Bonchev–Trinajstić information content (AvgIpc) is 2.70. The van der Waals surface area contributed by atoms with Crippen molar-refractivity contribution in [3.05, 3.63) is 87.8 Å². The highest BCUT2D eigenvalue weighted by atomic mass is 35.5. The zero-order chi connectivity index (χ0) is 20.8. The van der Waals surface area contributed by atoms with Crippen LogP contribution < -0.4 is 0 Å². The van der Waals surface area contributed by atoms with Crippen molar-refractivity contribution in [3.8, 4) is 23.1 Å². The van der Waals surface area contributed by atoms with Gasteiger partial charge in [-0.2, -0.15) is 0 Å². The second-order valence-corrected chi connectivity index (χ2v) is 7.11. The van der Waals surface area contributed by atoms with Crippen LogP contribution in [-0.4, -0.2) is 4.98 Å². The van der Waals surface area contributed by atoms with Gasteiger partial charge in [0.25, 0.3) is 0 Å². The molecule has 5 heteroatoms. The molecule has 148 valence electrons. The van der Waals surface area contributed by atoms with Crippen LogP contribution in [0.15, 0.2) is 48.7 Å². The first-order valence-electron chi connectivity index (χ1n) is 9.39. The molecule has 1 nitrogen and oxygen atoms in total. The van der Waals surface area contributed by atoms with Crippen molar-refractivity contribution in [3.63, 3.8) is 0 Å². The Bertz CT molecular complexity index is 1040. The number of benzene rings is 2. The maximum atomic E-state index is 14.5. The zero-order valence-electron chi connectivity index (χ0n) is 15.9. The quantitative estimate of drug-likeness (QED) is 0.325. The van der Waals surface area contributed by atoms with E-state index in [1.54, 1.807) is 12.3 Å². The summed E-state index contributed by atoms with van der Waals surface area (Å²) in [5, 5.41) is -0.0406. The fourth-order valence-corrected chi connectivity index (χ4v) is 2.99. The lowest BCUT2D eigenvalue weighted by molar-refractivity contribution is 0.578. The van der Waals surface area contributed by atoms with Crippen LogP contribution in [0.2, 0.25) is 5.02 Å². The number of nitrogens with zero attached hydrogens (tertiary/aromatic N) is 1. The van der Waals surface area contributed by atoms with Crippen molar-refractivity contribution < 1.29 is 13.2 Å². The molecular weight excluding hydrogens is 395 g/mol. The fraction of sp³-hybridized carbons (Fsp3) is 0.208. The lowest BCUT2D eigenvalue weighted by atomic mass is 10.0. The molecule has 0 bridgehead atoms.